The van der Waals surface area contributed by atoms with E-state index in [1.54, 1.807) is 24.4 Å². The van der Waals surface area contributed by atoms with E-state index < -0.39 is 12.6 Å². The van der Waals surface area contributed by atoms with Crippen molar-refractivity contribution in [3.8, 4) is 5.75 Å². The second-order valence-electron chi connectivity index (χ2n) is 5.32. The summed E-state index contributed by atoms with van der Waals surface area (Å²) in [6.07, 6.45) is 1.71. The maximum atomic E-state index is 10.5. The number of aliphatic imine (C=N–C) groups is 1. The maximum Gasteiger partial charge on any atom is 0.341 e. The van der Waals surface area contributed by atoms with Crippen molar-refractivity contribution in [3.63, 3.8) is 0 Å². The van der Waals surface area contributed by atoms with Crippen LogP contribution in [0.4, 0.5) is 11.4 Å². The molecule has 2 aromatic carbocycles. The summed E-state index contributed by atoms with van der Waals surface area (Å²) in [6, 6.07) is 13.1. The largest absolute Gasteiger partial charge is 0.480 e. The molecule has 0 unspecified atom stereocenters. The number of carboxylic acid groups (broad SMARTS) is 1. The second kappa shape index (κ2) is 9.08. The molecule has 6 heteroatoms. The van der Waals surface area contributed by atoms with Gasteiger partial charge in [-0.25, -0.2) is 4.79 Å². The minimum Gasteiger partial charge on any atom is -0.480 e. The number of nitrogens with zero attached hydrogens (tertiary/aromatic N) is 2. The average Bonchev–Trinajstić information content (AvgIpc) is 2.61. The molecule has 2 rings (SSSR count). The van der Waals surface area contributed by atoms with Gasteiger partial charge in [0, 0.05) is 25.0 Å². The van der Waals surface area contributed by atoms with Gasteiger partial charge in [0.15, 0.2) is 6.61 Å². The van der Waals surface area contributed by atoms with Crippen LogP contribution in [0.3, 0.4) is 0 Å². The van der Waals surface area contributed by atoms with Crippen molar-refractivity contribution < 1.29 is 14.6 Å². The monoisotopic (exact) mass is 360 g/mol. The van der Waals surface area contributed by atoms with Crippen molar-refractivity contribution in [2.24, 2.45) is 4.99 Å². The van der Waals surface area contributed by atoms with Crippen LogP contribution in [-0.4, -0.2) is 37.0 Å². The fourth-order valence-corrected chi connectivity index (χ4v) is 2.58. The number of aliphatic carboxylic acids is 1. The molecule has 5 nitrogen and oxygen atoms in total. The molecule has 0 aliphatic carbocycles. The number of benzene rings is 2. The first-order valence-electron chi connectivity index (χ1n) is 8.06. The van der Waals surface area contributed by atoms with Crippen molar-refractivity contribution in [1.29, 1.82) is 0 Å². The van der Waals surface area contributed by atoms with Crippen LogP contribution >= 0.6 is 11.6 Å². The number of carboxylic acids is 1. The Balaban J connectivity index is 2.06. The van der Waals surface area contributed by atoms with E-state index in [9.17, 15) is 4.79 Å². The highest BCUT2D eigenvalue weighted by molar-refractivity contribution is 6.32. The third-order valence-electron chi connectivity index (χ3n) is 3.65. The molecule has 0 saturated carbocycles. The Morgan fingerprint density at radius 2 is 1.88 bits per heavy atom. The molecule has 0 aliphatic heterocycles. The summed E-state index contributed by atoms with van der Waals surface area (Å²) < 4.78 is 5.09. The minimum atomic E-state index is -1.05. The van der Waals surface area contributed by atoms with Gasteiger partial charge in [0.2, 0.25) is 0 Å². The third kappa shape index (κ3) is 5.50. The molecular weight excluding hydrogens is 340 g/mol. The van der Waals surface area contributed by atoms with Gasteiger partial charge < -0.3 is 14.7 Å². The standard InChI is InChI=1S/C19H21ClN2O3/c1-3-22(4-2)16-8-6-15(7-9-16)21-12-14-5-10-18(17(20)11-14)25-13-19(23)24/h5-12H,3-4,13H2,1-2H3,(H,23,24). The van der Waals surface area contributed by atoms with Crippen molar-refractivity contribution in [3.05, 3.63) is 53.1 Å². The maximum absolute atomic E-state index is 10.5. The van der Waals surface area contributed by atoms with E-state index in [1.807, 2.05) is 12.1 Å². The summed E-state index contributed by atoms with van der Waals surface area (Å²) in [5.74, 6) is -0.709. The Morgan fingerprint density at radius 1 is 1.20 bits per heavy atom. The van der Waals surface area contributed by atoms with E-state index in [2.05, 4.69) is 35.9 Å². The Labute approximate surface area is 152 Å². The van der Waals surface area contributed by atoms with Crippen LogP contribution in [0.1, 0.15) is 19.4 Å². The quantitative estimate of drug-likeness (QED) is 0.709. The molecule has 0 atom stereocenters. The lowest BCUT2D eigenvalue weighted by Crippen LogP contribution is -2.21. The topological polar surface area (TPSA) is 62.1 Å². The van der Waals surface area contributed by atoms with Gasteiger partial charge in [-0.15, -0.1) is 0 Å². The molecule has 0 aliphatic rings. The van der Waals surface area contributed by atoms with Gasteiger partial charge in [-0.1, -0.05) is 11.6 Å². The summed E-state index contributed by atoms with van der Waals surface area (Å²) in [4.78, 5) is 17.2. The molecule has 0 spiro atoms. The highest BCUT2D eigenvalue weighted by Gasteiger charge is 2.05. The van der Waals surface area contributed by atoms with Gasteiger partial charge in [-0.2, -0.15) is 0 Å². The van der Waals surface area contributed by atoms with Gasteiger partial charge >= 0.3 is 5.97 Å². The predicted molar refractivity (Wildman–Crippen MR) is 102 cm³/mol. The molecule has 0 bridgehead atoms. The molecule has 0 amide bonds. The summed E-state index contributed by atoms with van der Waals surface area (Å²) in [5, 5.41) is 8.97. The van der Waals surface area contributed by atoms with E-state index in [-0.39, 0.29) is 0 Å². The van der Waals surface area contributed by atoms with Gasteiger partial charge in [-0.05, 0) is 61.9 Å². The van der Waals surface area contributed by atoms with E-state index in [1.165, 1.54) is 5.69 Å². The van der Waals surface area contributed by atoms with Crippen molar-refractivity contribution >= 4 is 35.2 Å². The zero-order valence-electron chi connectivity index (χ0n) is 14.3. The minimum absolute atomic E-state index is 0.338. The lowest BCUT2D eigenvalue weighted by Gasteiger charge is -2.20. The Kier molecular flexibility index (Phi) is 6.83. The van der Waals surface area contributed by atoms with Crippen LogP contribution in [0.2, 0.25) is 5.02 Å². The van der Waals surface area contributed by atoms with Crippen LogP contribution in [0, 0.1) is 0 Å². The number of carbonyl (C=O) groups is 1. The Bertz CT molecular complexity index is 741. The Morgan fingerprint density at radius 3 is 2.44 bits per heavy atom. The van der Waals surface area contributed by atoms with Gasteiger partial charge in [0.05, 0.1) is 10.7 Å². The summed E-state index contributed by atoms with van der Waals surface area (Å²) in [5.41, 5.74) is 2.82. The van der Waals surface area contributed by atoms with Crippen LogP contribution in [0.25, 0.3) is 0 Å². The first-order valence-corrected chi connectivity index (χ1v) is 8.44. The molecular formula is C19H21ClN2O3. The first-order chi connectivity index (χ1) is 12.0. The lowest BCUT2D eigenvalue weighted by atomic mass is 10.2. The van der Waals surface area contributed by atoms with Crippen molar-refractivity contribution in [2.45, 2.75) is 13.8 Å². The molecule has 132 valence electrons. The molecule has 1 N–H and O–H groups in total. The predicted octanol–water partition coefficient (Wildman–Crippen LogP) is 4.40. The van der Waals surface area contributed by atoms with E-state index in [0.717, 1.165) is 24.3 Å². The molecule has 2 aromatic rings. The highest BCUT2D eigenvalue weighted by atomic mass is 35.5. The normalized spacial score (nSPS) is 10.8. The average molecular weight is 361 g/mol. The number of rotatable bonds is 8. The van der Waals surface area contributed by atoms with E-state index in [0.29, 0.717) is 10.8 Å². The van der Waals surface area contributed by atoms with E-state index >= 15 is 0 Å². The second-order valence-corrected chi connectivity index (χ2v) is 5.73. The third-order valence-corrected chi connectivity index (χ3v) is 3.94. The number of ether oxygens (including phenoxy) is 1. The van der Waals surface area contributed by atoms with Crippen LogP contribution in [0.15, 0.2) is 47.5 Å². The van der Waals surface area contributed by atoms with Gasteiger partial charge in [0.25, 0.3) is 0 Å². The highest BCUT2D eigenvalue weighted by Crippen LogP contribution is 2.25. The van der Waals surface area contributed by atoms with E-state index in [4.69, 9.17) is 21.4 Å². The molecule has 0 heterocycles. The molecule has 25 heavy (non-hydrogen) atoms. The van der Waals surface area contributed by atoms with Crippen molar-refractivity contribution in [1.82, 2.24) is 0 Å². The number of anilines is 1. The zero-order valence-corrected chi connectivity index (χ0v) is 15.0. The van der Waals surface area contributed by atoms with Crippen molar-refractivity contribution in [2.75, 3.05) is 24.6 Å². The SMILES string of the molecule is CCN(CC)c1ccc(N=Cc2ccc(OCC(=O)O)c(Cl)c2)cc1. The zero-order chi connectivity index (χ0) is 18.2. The van der Waals surface area contributed by atoms with Gasteiger partial charge in [0.1, 0.15) is 5.75 Å². The molecule has 0 aromatic heterocycles. The Hall–Kier alpha value is -2.53. The van der Waals surface area contributed by atoms with Crippen LogP contribution < -0.4 is 9.64 Å². The summed E-state index contributed by atoms with van der Waals surface area (Å²) in [7, 11) is 0. The molecule has 0 radical (unpaired) electrons. The van der Waals surface area contributed by atoms with Gasteiger partial charge in [-0.3, -0.25) is 4.99 Å². The first kappa shape index (κ1) is 18.8. The smallest absolute Gasteiger partial charge is 0.341 e. The molecule has 0 fully saturated rings. The fourth-order valence-electron chi connectivity index (χ4n) is 2.34. The summed E-state index contributed by atoms with van der Waals surface area (Å²) in [6.45, 7) is 5.76. The molecule has 0 saturated heterocycles. The fraction of sp³-hybridized carbons (Fsp3) is 0.263. The van der Waals surface area contributed by atoms with Crippen LogP contribution in [0.5, 0.6) is 5.75 Å². The number of halogens is 1. The summed E-state index contributed by atoms with van der Waals surface area (Å²) >= 11 is 6.10. The number of hydrogen-bond donors (Lipinski definition) is 1. The lowest BCUT2D eigenvalue weighted by molar-refractivity contribution is -0.139. The van der Waals surface area contributed by atoms with Crippen LogP contribution in [-0.2, 0) is 4.79 Å². The number of hydrogen-bond acceptors (Lipinski definition) is 4.